The summed E-state index contributed by atoms with van der Waals surface area (Å²) in [7, 11) is 0. The first-order chi connectivity index (χ1) is 24.6. The predicted molar refractivity (Wildman–Crippen MR) is 198 cm³/mol. The number of aliphatic carboxylic acids is 1. The van der Waals surface area contributed by atoms with E-state index in [0.29, 0.717) is 32.0 Å². The van der Waals surface area contributed by atoms with Crippen LogP contribution in [0.15, 0.2) is 18.0 Å². The number of nitrogens with one attached hydrogen (secondary N) is 1. The molecule has 0 unspecified atom stereocenters. The molecule has 53 heavy (non-hydrogen) atoms. The van der Waals surface area contributed by atoms with Gasteiger partial charge in [0.15, 0.2) is 0 Å². The Morgan fingerprint density at radius 2 is 1.81 bits per heavy atom. The van der Waals surface area contributed by atoms with Gasteiger partial charge in [0, 0.05) is 16.4 Å². The highest BCUT2D eigenvalue weighted by molar-refractivity contribution is 5.90. The van der Waals surface area contributed by atoms with E-state index < -0.39 is 64.7 Å². The standard InChI is InChI=1S/C41H65F2N5O5/c1-23(2)25(5)36(6)15-16-38(8)26-11-12-29-37(7)19-52-21-41(29,27(26)13-14-39(38,9)31(36)35(50)51)17-28(32(37)53-20-40(10,44)24(3)4)48-33(46-22-47-48)34(49)45-18-30(42)43/h13,22-26,28-32H,11-12,14-21,44H2,1-10H3,(H,45,49)(H,50,51)/t25-,26+,28-,29+,31-,32+,36-,37-,38-,39+,40+,41+/m1/s1. The molecule has 4 aliphatic carbocycles. The summed E-state index contributed by atoms with van der Waals surface area (Å²) in [5.41, 5.74) is 5.49. The minimum absolute atomic E-state index is 0.0271. The lowest BCUT2D eigenvalue weighted by molar-refractivity contribution is -0.252. The molecule has 0 spiro atoms. The van der Waals surface area contributed by atoms with Crippen LogP contribution in [0.3, 0.4) is 0 Å². The van der Waals surface area contributed by atoms with Crippen molar-refractivity contribution in [2.75, 3.05) is 26.4 Å². The Hall–Kier alpha value is -2.44. The fraction of sp³-hybridized carbons (Fsp3) is 0.854. The van der Waals surface area contributed by atoms with Gasteiger partial charge in [-0.1, -0.05) is 74.0 Å². The van der Waals surface area contributed by atoms with Gasteiger partial charge in [-0.2, -0.15) is 5.10 Å². The number of hydrogen-bond acceptors (Lipinski definition) is 7. The van der Waals surface area contributed by atoms with Crippen LogP contribution >= 0.6 is 0 Å². The lowest BCUT2D eigenvalue weighted by atomic mass is 9.34. The van der Waals surface area contributed by atoms with Crippen LogP contribution in [0.4, 0.5) is 8.78 Å². The second-order valence-electron chi connectivity index (χ2n) is 19.6. The molecule has 4 N–H and O–H groups in total. The van der Waals surface area contributed by atoms with Crippen LogP contribution in [0, 0.1) is 62.6 Å². The third kappa shape index (κ3) is 6.01. The number of carbonyl (C=O) groups is 2. The van der Waals surface area contributed by atoms with Crippen molar-refractivity contribution in [2.45, 2.75) is 132 Å². The van der Waals surface area contributed by atoms with Crippen molar-refractivity contribution in [1.82, 2.24) is 20.1 Å². The maximum Gasteiger partial charge on any atom is 0.307 e. The summed E-state index contributed by atoms with van der Waals surface area (Å²) in [6, 6.07) is -0.466. The maximum atomic E-state index is 13.5. The molecule has 5 aliphatic rings. The summed E-state index contributed by atoms with van der Waals surface area (Å²) in [6.45, 7) is 22.3. The zero-order valence-electron chi connectivity index (χ0n) is 33.7. The Balaban J connectivity index is 1.46. The minimum Gasteiger partial charge on any atom is -0.481 e. The Bertz CT molecular complexity index is 1600. The predicted octanol–water partition coefficient (Wildman–Crippen LogP) is 7.16. The second-order valence-corrected chi connectivity index (χ2v) is 19.6. The van der Waals surface area contributed by atoms with Crippen LogP contribution in [-0.2, 0) is 14.3 Å². The van der Waals surface area contributed by atoms with Crippen LogP contribution in [0.25, 0.3) is 0 Å². The van der Waals surface area contributed by atoms with Crippen molar-refractivity contribution < 1.29 is 33.0 Å². The molecule has 1 aliphatic heterocycles. The minimum atomic E-state index is -2.70. The summed E-state index contributed by atoms with van der Waals surface area (Å²) < 4.78 is 41.6. The number of nitrogens with zero attached hydrogens (tertiary/aromatic N) is 3. The summed E-state index contributed by atoms with van der Waals surface area (Å²) in [5, 5.41) is 18.0. The number of allylic oxidation sites excluding steroid dienone is 1. The summed E-state index contributed by atoms with van der Waals surface area (Å²) in [5.74, 6) is -0.846. The number of hydrogen-bond donors (Lipinski definition) is 3. The Morgan fingerprint density at radius 3 is 2.43 bits per heavy atom. The van der Waals surface area contributed by atoms with E-state index in [-0.39, 0.29) is 46.9 Å². The number of carbonyl (C=O) groups excluding carboxylic acids is 1. The molecule has 298 valence electrons. The molecule has 1 aromatic heterocycles. The molecule has 2 heterocycles. The van der Waals surface area contributed by atoms with Crippen molar-refractivity contribution in [1.29, 1.82) is 0 Å². The first kappa shape index (κ1) is 40.2. The topological polar surface area (TPSA) is 142 Å². The maximum absolute atomic E-state index is 13.5. The SMILES string of the molecule is CC(C)[C@@H](C)[C@@]1(C)CC[C@]2(C)[C@H]3CC[C@@H]4[C@@]5(COC[C@@]4(C)[C@@H](OC[C@](C)(N)C(C)C)[C@H](n4ncnc4C(=O)NCC(F)F)C5)C3=CC[C@@]2(C)[C@@H]1C(=O)O. The molecule has 12 heteroatoms. The van der Waals surface area contributed by atoms with Crippen molar-refractivity contribution in [2.24, 2.45) is 68.3 Å². The number of alkyl halides is 2. The Kier molecular flexibility index (Phi) is 10.4. The van der Waals surface area contributed by atoms with Gasteiger partial charge in [0.25, 0.3) is 12.3 Å². The fourth-order valence-electron chi connectivity index (χ4n) is 12.5. The zero-order chi connectivity index (χ0) is 39.1. The van der Waals surface area contributed by atoms with Crippen molar-refractivity contribution in [3.05, 3.63) is 23.8 Å². The van der Waals surface area contributed by atoms with Gasteiger partial charge >= 0.3 is 5.97 Å². The van der Waals surface area contributed by atoms with Crippen LogP contribution in [0.1, 0.15) is 124 Å². The molecule has 12 atom stereocenters. The zero-order valence-corrected chi connectivity index (χ0v) is 33.7. The molecule has 1 aromatic rings. The smallest absolute Gasteiger partial charge is 0.307 e. The van der Waals surface area contributed by atoms with E-state index in [9.17, 15) is 23.5 Å². The first-order valence-electron chi connectivity index (χ1n) is 20.0. The molecule has 1 saturated heterocycles. The molecule has 10 nitrogen and oxygen atoms in total. The van der Waals surface area contributed by atoms with Crippen molar-refractivity contribution in [3.63, 3.8) is 0 Å². The highest BCUT2D eigenvalue weighted by Gasteiger charge is 2.72. The van der Waals surface area contributed by atoms with Gasteiger partial charge in [0.05, 0.1) is 44.4 Å². The average molecular weight is 746 g/mol. The lowest BCUT2D eigenvalue weighted by Crippen LogP contribution is -2.69. The van der Waals surface area contributed by atoms with Crippen LogP contribution in [-0.4, -0.2) is 76.2 Å². The molecule has 0 radical (unpaired) electrons. The molecule has 2 bridgehead atoms. The highest BCUT2D eigenvalue weighted by atomic mass is 19.3. The number of ether oxygens (including phenoxy) is 2. The van der Waals surface area contributed by atoms with Crippen molar-refractivity contribution >= 4 is 11.9 Å². The number of fused-ring (bicyclic) bond motifs is 3. The fourth-order valence-corrected chi connectivity index (χ4v) is 12.5. The lowest BCUT2D eigenvalue weighted by Gasteiger charge is -2.71. The number of carboxylic acids is 1. The summed E-state index contributed by atoms with van der Waals surface area (Å²) >= 11 is 0. The highest BCUT2D eigenvalue weighted by Crippen LogP contribution is 2.75. The van der Waals surface area contributed by atoms with Gasteiger partial charge in [0.1, 0.15) is 6.33 Å². The van der Waals surface area contributed by atoms with E-state index >= 15 is 0 Å². The van der Waals surface area contributed by atoms with Gasteiger partial charge in [-0.05, 0) is 91.3 Å². The summed E-state index contributed by atoms with van der Waals surface area (Å²) in [4.78, 5) is 31.2. The van der Waals surface area contributed by atoms with Crippen LogP contribution in [0.2, 0.25) is 0 Å². The number of carboxylic acid groups (broad SMARTS) is 1. The van der Waals surface area contributed by atoms with E-state index in [0.717, 1.165) is 25.7 Å². The first-order valence-corrected chi connectivity index (χ1v) is 20.0. The number of amides is 1. The largest absolute Gasteiger partial charge is 0.481 e. The third-order valence-electron chi connectivity index (χ3n) is 16.5. The number of halogens is 2. The van der Waals surface area contributed by atoms with E-state index in [1.165, 1.54) is 11.9 Å². The molecule has 0 aromatic carbocycles. The molecular weight excluding hydrogens is 680 g/mol. The average Bonchev–Trinajstić information content (AvgIpc) is 3.56. The monoisotopic (exact) mass is 745 g/mol. The molecule has 3 saturated carbocycles. The van der Waals surface area contributed by atoms with Gasteiger partial charge in [-0.3, -0.25) is 9.59 Å². The number of nitrogens with two attached hydrogens (primary N) is 1. The molecular formula is C41H65F2N5O5. The van der Waals surface area contributed by atoms with E-state index in [4.69, 9.17) is 15.2 Å². The Labute approximate surface area is 314 Å². The van der Waals surface area contributed by atoms with Gasteiger partial charge in [-0.15, -0.1) is 0 Å². The van der Waals surface area contributed by atoms with Gasteiger partial charge in [0.2, 0.25) is 5.82 Å². The van der Waals surface area contributed by atoms with E-state index in [2.05, 4.69) is 83.8 Å². The number of rotatable bonds is 11. The molecule has 4 fully saturated rings. The van der Waals surface area contributed by atoms with Gasteiger partial charge < -0.3 is 25.6 Å². The van der Waals surface area contributed by atoms with E-state index in [1.807, 2.05) is 6.92 Å². The van der Waals surface area contributed by atoms with Gasteiger partial charge in [-0.25, -0.2) is 18.4 Å². The molecule has 6 rings (SSSR count). The number of aromatic nitrogens is 3. The van der Waals surface area contributed by atoms with Crippen LogP contribution < -0.4 is 11.1 Å². The van der Waals surface area contributed by atoms with E-state index in [1.54, 1.807) is 4.68 Å². The third-order valence-corrected chi connectivity index (χ3v) is 16.5. The molecule has 1 amide bonds. The van der Waals surface area contributed by atoms with Crippen molar-refractivity contribution in [3.8, 4) is 0 Å². The Morgan fingerprint density at radius 1 is 1.11 bits per heavy atom. The van der Waals surface area contributed by atoms with Crippen LogP contribution in [0.5, 0.6) is 0 Å². The summed E-state index contributed by atoms with van der Waals surface area (Å²) in [6.07, 6.45) is 5.43. The normalized spacial score (nSPS) is 41.2. The quantitative estimate of drug-likeness (QED) is 0.203. The second kappa shape index (κ2) is 13.6.